The maximum absolute atomic E-state index is 12.8. The molecule has 33 heavy (non-hydrogen) atoms. The SMILES string of the molecule is CN(C)c1ccc(NC(=O)CCCN2C(=O)/C(=C\c3ccccc3OC(F)F)SC2=S)cc1. The molecule has 0 radical (unpaired) electrons. The van der Waals surface area contributed by atoms with Crippen molar-refractivity contribution in [1.82, 2.24) is 4.90 Å². The van der Waals surface area contributed by atoms with Crippen LogP contribution in [0.25, 0.3) is 6.08 Å². The van der Waals surface area contributed by atoms with E-state index in [-0.39, 0.29) is 30.5 Å². The molecule has 1 heterocycles. The zero-order valence-electron chi connectivity index (χ0n) is 18.1. The number of benzene rings is 2. The van der Waals surface area contributed by atoms with Crippen molar-refractivity contribution in [3.05, 3.63) is 59.0 Å². The molecule has 0 aliphatic carbocycles. The Balaban J connectivity index is 1.55. The fourth-order valence-electron chi connectivity index (χ4n) is 3.10. The number of hydrogen-bond acceptors (Lipinski definition) is 6. The average Bonchev–Trinajstić information content (AvgIpc) is 3.02. The minimum absolute atomic E-state index is 0.0203. The van der Waals surface area contributed by atoms with Crippen LogP contribution in [0.5, 0.6) is 5.75 Å². The monoisotopic (exact) mass is 491 g/mol. The van der Waals surface area contributed by atoms with Gasteiger partial charge >= 0.3 is 6.61 Å². The summed E-state index contributed by atoms with van der Waals surface area (Å²) in [5.41, 5.74) is 2.08. The number of ether oxygens (including phenoxy) is 1. The van der Waals surface area contributed by atoms with E-state index in [2.05, 4.69) is 10.1 Å². The molecule has 1 aliphatic rings. The maximum atomic E-state index is 12.8. The lowest BCUT2D eigenvalue weighted by Crippen LogP contribution is -2.29. The molecule has 0 saturated carbocycles. The molecule has 174 valence electrons. The zero-order valence-corrected chi connectivity index (χ0v) is 19.7. The van der Waals surface area contributed by atoms with Crippen LogP contribution in [0.2, 0.25) is 0 Å². The highest BCUT2D eigenvalue weighted by atomic mass is 32.2. The number of thioether (sulfide) groups is 1. The number of halogens is 2. The fourth-order valence-corrected chi connectivity index (χ4v) is 4.40. The molecule has 1 fully saturated rings. The topological polar surface area (TPSA) is 61.9 Å². The number of para-hydroxylation sites is 1. The standard InChI is InChI=1S/C23H23F2N3O3S2/c1-27(2)17-11-9-16(10-12-17)26-20(29)8-5-13-28-21(30)19(33-23(28)32)14-15-6-3-4-7-18(15)31-22(24)25/h3-4,6-7,9-12,14,22H,5,8,13H2,1-2H3,(H,26,29)/b19-14+. The quantitative estimate of drug-likeness (QED) is 0.395. The first-order valence-corrected chi connectivity index (χ1v) is 11.3. The summed E-state index contributed by atoms with van der Waals surface area (Å²) >= 11 is 6.39. The van der Waals surface area contributed by atoms with Crippen molar-refractivity contribution >= 4 is 57.6 Å². The minimum Gasteiger partial charge on any atom is -0.434 e. The van der Waals surface area contributed by atoms with Crippen LogP contribution >= 0.6 is 24.0 Å². The van der Waals surface area contributed by atoms with Gasteiger partial charge in [-0.2, -0.15) is 8.78 Å². The second-order valence-corrected chi connectivity index (χ2v) is 9.02. The summed E-state index contributed by atoms with van der Waals surface area (Å²) in [4.78, 5) is 28.7. The third kappa shape index (κ3) is 6.75. The molecule has 2 aromatic carbocycles. The predicted molar refractivity (Wildman–Crippen MR) is 132 cm³/mol. The molecule has 0 atom stereocenters. The number of alkyl halides is 2. The van der Waals surface area contributed by atoms with E-state index in [9.17, 15) is 18.4 Å². The van der Waals surface area contributed by atoms with Crippen molar-refractivity contribution in [2.24, 2.45) is 0 Å². The molecular formula is C23H23F2N3O3S2. The summed E-state index contributed by atoms with van der Waals surface area (Å²) in [6.07, 6.45) is 2.13. The van der Waals surface area contributed by atoms with Gasteiger partial charge in [0.25, 0.3) is 5.91 Å². The number of anilines is 2. The molecule has 3 rings (SSSR count). The van der Waals surface area contributed by atoms with Crippen molar-refractivity contribution in [2.75, 3.05) is 30.9 Å². The maximum Gasteiger partial charge on any atom is 0.387 e. The van der Waals surface area contributed by atoms with Crippen LogP contribution in [-0.2, 0) is 9.59 Å². The summed E-state index contributed by atoms with van der Waals surface area (Å²) in [5, 5.41) is 2.83. The number of nitrogens with zero attached hydrogens (tertiary/aromatic N) is 2. The molecule has 2 aromatic rings. The van der Waals surface area contributed by atoms with Gasteiger partial charge < -0.3 is 15.0 Å². The number of amides is 2. The number of carbonyl (C=O) groups is 2. The van der Waals surface area contributed by atoms with Crippen molar-refractivity contribution in [1.29, 1.82) is 0 Å². The summed E-state index contributed by atoms with van der Waals surface area (Å²) in [6, 6.07) is 13.7. The minimum atomic E-state index is -2.97. The van der Waals surface area contributed by atoms with E-state index in [1.165, 1.54) is 17.0 Å². The molecule has 0 aromatic heterocycles. The Morgan fingerprint density at radius 1 is 1.21 bits per heavy atom. The smallest absolute Gasteiger partial charge is 0.387 e. The van der Waals surface area contributed by atoms with Gasteiger partial charge in [-0.05, 0) is 42.8 Å². The summed E-state index contributed by atoms with van der Waals surface area (Å²) in [7, 11) is 3.87. The van der Waals surface area contributed by atoms with Crippen molar-refractivity contribution in [3.8, 4) is 5.75 Å². The van der Waals surface area contributed by atoms with Crippen LogP contribution < -0.4 is 15.0 Å². The van der Waals surface area contributed by atoms with Crippen molar-refractivity contribution in [3.63, 3.8) is 0 Å². The van der Waals surface area contributed by atoms with Crippen LogP contribution in [0.4, 0.5) is 20.2 Å². The lowest BCUT2D eigenvalue weighted by molar-refractivity contribution is -0.122. The van der Waals surface area contributed by atoms with Gasteiger partial charge in [-0.25, -0.2) is 0 Å². The van der Waals surface area contributed by atoms with Gasteiger partial charge in [0.1, 0.15) is 10.1 Å². The molecule has 1 saturated heterocycles. The van der Waals surface area contributed by atoms with E-state index in [1.807, 2.05) is 43.3 Å². The van der Waals surface area contributed by atoms with E-state index in [1.54, 1.807) is 18.2 Å². The molecule has 0 spiro atoms. The molecule has 2 amide bonds. The van der Waals surface area contributed by atoms with Gasteiger partial charge in [0.05, 0.1) is 4.91 Å². The number of carbonyl (C=O) groups excluding carboxylic acids is 2. The third-order valence-electron chi connectivity index (χ3n) is 4.75. The van der Waals surface area contributed by atoms with Crippen LogP contribution in [-0.4, -0.2) is 48.3 Å². The second-order valence-electron chi connectivity index (χ2n) is 7.34. The van der Waals surface area contributed by atoms with Gasteiger partial charge in [0.15, 0.2) is 0 Å². The van der Waals surface area contributed by atoms with Crippen LogP contribution in [0.3, 0.4) is 0 Å². The van der Waals surface area contributed by atoms with Gasteiger partial charge in [-0.3, -0.25) is 14.5 Å². The van der Waals surface area contributed by atoms with Crippen molar-refractivity contribution < 1.29 is 23.1 Å². The van der Waals surface area contributed by atoms with Crippen LogP contribution in [0.1, 0.15) is 18.4 Å². The summed E-state index contributed by atoms with van der Waals surface area (Å²) in [5.74, 6) is -0.503. The van der Waals surface area contributed by atoms with Crippen molar-refractivity contribution in [2.45, 2.75) is 19.5 Å². The van der Waals surface area contributed by atoms with E-state index >= 15 is 0 Å². The Labute approximate surface area is 200 Å². The largest absolute Gasteiger partial charge is 0.434 e. The van der Waals surface area contributed by atoms with Gasteiger partial charge in [-0.15, -0.1) is 0 Å². The Bertz CT molecular complexity index is 1060. The van der Waals surface area contributed by atoms with Gasteiger partial charge in [0.2, 0.25) is 5.91 Å². The van der Waals surface area contributed by atoms with E-state index in [0.29, 0.717) is 26.9 Å². The number of thiocarbonyl (C=S) groups is 1. The summed E-state index contributed by atoms with van der Waals surface area (Å²) < 4.78 is 30.1. The predicted octanol–water partition coefficient (Wildman–Crippen LogP) is 4.97. The van der Waals surface area contributed by atoms with E-state index < -0.39 is 6.61 Å². The first-order chi connectivity index (χ1) is 15.7. The highest BCUT2D eigenvalue weighted by Crippen LogP contribution is 2.34. The van der Waals surface area contributed by atoms with E-state index in [4.69, 9.17) is 12.2 Å². The van der Waals surface area contributed by atoms with Crippen LogP contribution in [0, 0.1) is 0 Å². The highest BCUT2D eigenvalue weighted by molar-refractivity contribution is 8.26. The molecule has 10 heteroatoms. The molecule has 1 aliphatic heterocycles. The molecule has 1 N–H and O–H groups in total. The summed E-state index contributed by atoms with van der Waals surface area (Å²) in [6.45, 7) is -2.68. The lowest BCUT2D eigenvalue weighted by atomic mass is 10.2. The molecule has 0 unspecified atom stereocenters. The first kappa shape index (κ1) is 24.7. The molecule has 0 bridgehead atoms. The average molecular weight is 492 g/mol. The Morgan fingerprint density at radius 2 is 1.91 bits per heavy atom. The normalized spacial score (nSPS) is 14.8. The van der Waals surface area contributed by atoms with E-state index in [0.717, 1.165) is 17.4 Å². The van der Waals surface area contributed by atoms with Crippen LogP contribution in [0.15, 0.2) is 53.4 Å². The zero-order chi connectivity index (χ0) is 24.0. The Kier molecular flexibility index (Phi) is 8.40. The fraction of sp³-hybridized carbons (Fsp3) is 0.261. The highest BCUT2D eigenvalue weighted by Gasteiger charge is 2.32. The first-order valence-electron chi connectivity index (χ1n) is 10.1. The van der Waals surface area contributed by atoms with Gasteiger partial charge in [-0.1, -0.05) is 42.2 Å². The lowest BCUT2D eigenvalue weighted by Gasteiger charge is -2.15. The number of nitrogens with one attached hydrogen (secondary N) is 1. The second kappa shape index (κ2) is 11.2. The Morgan fingerprint density at radius 3 is 2.58 bits per heavy atom. The Hall–Kier alpha value is -2.98. The molecule has 6 nitrogen and oxygen atoms in total. The number of hydrogen-bond donors (Lipinski definition) is 1. The number of rotatable bonds is 9. The molecular weight excluding hydrogens is 468 g/mol. The third-order valence-corrected chi connectivity index (χ3v) is 6.13. The van der Waals surface area contributed by atoms with Gasteiger partial charge in [0, 0.05) is 44.0 Å².